The number of aromatic hydroxyl groups is 1. The molecular weight excluding hydrogens is 420 g/mol. The molecule has 9 heteroatoms. The smallest absolute Gasteiger partial charge is 0.295 e. The number of hydrogen-bond donors (Lipinski definition) is 2. The topological polar surface area (TPSA) is 99.5 Å². The van der Waals surface area contributed by atoms with Crippen LogP contribution in [0.15, 0.2) is 41.3 Å². The third kappa shape index (κ3) is 4.16. The Bertz CT molecular complexity index is 997. The summed E-state index contributed by atoms with van der Waals surface area (Å²) < 4.78 is 10.4. The van der Waals surface area contributed by atoms with E-state index in [-0.39, 0.29) is 16.9 Å². The van der Waals surface area contributed by atoms with E-state index in [1.54, 1.807) is 6.07 Å². The van der Waals surface area contributed by atoms with E-state index >= 15 is 0 Å². The van der Waals surface area contributed by atoms with Crippen molar-refractivity contribution in [1.29, 1.82) is 0 Å². The van der Waals surface area contributed by atoms with Crippen LogP contribution in [-0.4, -0.2) is 78.2 Å². The highest BCUT2D eigenvalue weighted by atomic mass is 32.1. The summed E-state index contributed by atoms with van der Waals surface area (Å²) in [6.45, 7) is 3.78. The van der Waals surface area contributed by atoms with Crippen molar-refractivity contribution in [3.05, 3.63) is 51.7 Å². The molecule has 164 valence electrons. The minimum atomic E-state index is -0.756. The van der Waals surface area contributed by atoms with E-state index in [9.17, 15) is 19.8 Å². The molecule has 0 spiro atoms. The molecule has 1 aromatic heterocycles. The van der Waals surface area contributed by atoms with Crippen molar-refractivity contribution >= 4 is 28.8 Å². The number of thiophene rings is 1. The average molecular weight is 445 g/mol. The molecule has 0 saturated carbocycles. The van der Waals surface area contributed by atoms with E-state index in [4.69, 9.17) is 9.47 Å². The third-order valence-electron chi connectivity index (χ3n) is 5.57. The summed E-state index contributed by atoms with van der Waals surface area (Å²) in [5.41, 5.74) is 0.0587. The number of ketones is 1. The highest BCUT2D eigenvalue weighted by Gasteiger charge is 2.46. The number of ether oxygens (including phenoxy) is 2. The first-order valence-corrected chi connectivity index (χ1v) is 10.9. The number of methoxy groups -OCH3 is 1. The van der Waals surface area contributed by atoms with Crippen LogP contribution in [0.4, 0.5) is 0 Å². The van der Waals surface area contributed by atoms with E-state index in [1.165, 1.54) is 35.5 Å². The van der Waals surface area contributed by atoms with Gasteiger partial charge in [0, 0.05) is 37.1 Å². The van der Waals surface area contributed by atoms with Gasteiger partial charge in [0.1, 0.15) is 17.3 Å². The maximum absolute atomic E-state index is 13.0. The zero-order chi connectivity index (χ0) is 22.0. The molecule has 0 radical (unpaired) electrons. The molecule has 8 nitrogen and oxygen atoms in total. The predicted octanol–water partition coefficient (Wildman–Crippen LogP) is 2.22. The van der Waals surface area contributed by atoms with Crippen LogP contribution < -0.4 is 4.74 Å². The Morgan fingerprint density at radius 2 is 2.00 bits per heavy atom. The van der Waals surface area contributed by atoms with Gasteiger partial charge in [-0.3, -0.25) is 14.5 Å². The normalized spacial score (nSPS) is 21.6. The van der Waals surface area contributed by atoms with Gasteiger partial charge < -0.3 is 24.6 Å². The molecule has 2 saturated heterocycles. The Morgan fingerprint density at radius 1 is 1.23 bits per heavy atom. The van der Waals surface area contributed by atoms with Crippen LogP contribution >= 0.6 is 11.3 Å². The predicted molar refractivity (Wildman–Crippen MR) is 115 cm³/mol. The first-order valence-electron chi connectivity index (χ1n) is 10.0. The summed E-state index contributed by atoms with van der Waals surface area (Å²) in [5.74, 6) is -1.63. The summed E-state index contributed by atoms with van der Waals surface area (Å²) in [4.78, 5) is 30.4. The van der Waals surface area contributed by atoms with Gasteiger partial charge in [-0.15, -0.1) is 11.3 Å². The number of nitrogens with zero attached hydrogens (tertiary/aromatic N) is 2. The number of phenols is 1. The van der Waals surface area contributed by atoms with Crippen molar-refractivity contribution in [3.63, 3.8) is 0 Å². The number of aliphatic hydroxyl groups excluding tert-OH is 1. The summed E-state index contributed by atoms with van der Waals surface area (Å²) in [5, 5.41) is 23.2. The molecule has 1 unspecified atom stereocenters. The highest BCUT2D eigenvalue weighted by molar-refractivity contribution is 7.10. The highest BCUT2D eigenvalue weighted by Crippen LogP contribution is 2.42. The van der Waals surface area contributed by atoms with Crippen LogP contribution in [0.2, 0.25) is 0 Å². The molecule has 2 N–H and O–H groups in total. The lowest BCUT2D eigenvalue weighted by Crippen LogP contribution is -2.42. The Labute approximate surface area is 183 Å². The minimum absolute atomic E-state index is 0.0186. The van der Waals surface area contributed by atoms with Crippen molar-refractivity contribution in [3.8, 4) is 11.5 Å². The largest absolute Gasteiger partial charge is 0.507 e. The lowest BCUT2D eigenvalue weighted by Gasteiger charge is -2.30. The molecule has 0 aliphatic carbocycles. The van der Waals surface area contributed by atoms with Crippen LogP contribution in [0.25, 0.3) is 5.76 Å². The summed E-state index contributed by atoms with van der Waals surface area (Å²) in [6, 6.07) is 7.36. The fourth-order valence-corrected chi connectivity index (χ4v) is 4.76. The van der Waals surface area contributed by atoms with Crippen molar-refractivity contribution in [2.45, 2.75) is 6.04 Å². The quantitative estimate of drug-likeness (QED) is 0.400. The summed E-state index contributed by atoms with van der Waals surface area (Å²) >= 11 is 1.41. The molecule has 3 heterocycles. The molecular formula is C22H24N2O6S. The van der Waals surface area contributed by atoms with E-state index in [2.05, 4.69) is 4.90 Å². The lowest BCUT2D eigenvalue weighted by molar-refractivity contribution is -0.140. The molecule has 2 fully saturated rings. The first kappa shape index (κ1) is 21.4. The van der Waals surface area contributed by atoms with Crippen LogP contribution in [0, 0.1) is 0 Å². The van der Waals surface area contributed by atoms with E-state index in [0.717, 1.165) is 18.0 Å². The fraction of sp³-hybridized carbons (Fsp3) is 0.364. The molecule has 2 aromatic rings. The maximum Gasteiger partial charge on any atom is 0.295 e. The number of likely N-dealkylation sites (tertiary alicyclic amines) is 1. The van der Waals surface area contributed by atoms with Gasteiger partial charge >= 0.3 is 0 Å². The van der Waals surface area contributed by atoms with Crippen molar-refractivity contribution in [1.82, 2.24) is 9.80 Å². The Kier molecular flexibility index (Phi) is 6.26. The Hall–Kier alpha value is -2.88. The molecule has 0 bridgehead atoms. The van der Waals surface area contributed by atoms with E-state index in [1.807, 2.05) is 17.5 Å². The molecule has 1 aromatic carbocycles. The number of rotatable bonds is 6. The second-order valence-corrected chi connectivity index (χ2v) is 8.32. The first-order chi connectivity index (χ1) is 15.0. The molecule has 2 aliphatic heterocycles. The number of aliphatic hydroxyl groups is 1. The van der Waals surface area contributed by atoms with Gasteiger partial charge in [0.2, 0.25) is 0 Å². The van der Waals surface area contributed by atoms with Crippen LogP contribution in [-0.2, 0) is 14.3 Å². The van der Waals surface area contributed by atoms with Gasteiger partial charge in [-0.2, -0.15) is 0 Å². The van der Waals surface area contributed by atoms with Crippen molar-refractivity contribution in [2.24, 2.45) is 0 Å². The number of Topliss-reactive ketones (excluding diaryl/α,β-unsaturated/α-hetero) is 1. The summed E-state index contributed by atoms with van der Waals surface area (Å²) in [7, 11) is 1.46. The standard InChI is InChI=1S/C22H24N2O6S/c1-29-14-4-5-15(16(25)13-14)20(26)18-19(17-3-2-12-31-17)24(22(28)21(18)27)7-6-23-8-10-30-11-9-23/h2-5,12-13,19,25-26H,6-11H2,1H3. The van der Waals surface area contributed by atoms with Crippen LogP contribution in [0.5, 0.6) is 11.5 Å². The van der Waals surface area contributed by atoms with Gasteiger partial charge in [0.05, 0.1) is 37.5 Å². The number of carbonyl (C=O) groups is 2. The van der Waals surface area contributed by atoms with Crippen LogP contribution in [0.1, 0.15) is 16.5 Å². The second-order valence-electron chi connectivity index (χ2n) is 7.35. The van der Waals surface area contributed by atoms with Gasteiger partial charge in [-0.05, 0) is 23.6 Å². The monoisotopic (exact) mass is 444 g/mol. The third-order valence-corrected chi connectivity index (χ3v) is 6.50. The van der Waals surface area contributed by atoms with Crippen LogP contribution in [0.3, 0.4) is 0 Å². The van der Waals surface area contributed by atoms with Gasteiger partial charge in [0.15, 0.2) is 0 Å². The van der Waals surface area contributed by atoms with E-state index < -0.39 is 23.5 Å². The average Bonchev–Trinajstić information content (AvgIpc) is 3.40. The Balaban J connectivity index is 1.71. The number of benzene rings is 1. The molecule has 1 amide bonds. The van der Waals surface area contributed by atoms with Crippen molar-refractivity contribution < 1.29 is 29.3 Å². The zero-order valence-electron chi connectivity index (χ0n) is 17.1. The van der Waals surface area contributed by atoms with Gasteiger partial charge in [-0.1, -0.05) is 6.07 Å². The second kappa shape index (κ2) is 9.09. The number of phenolic OH excluding ortho intramolecular Hbond substituents is 1. The fourth-order valence-electron chi connectivity index (χ4n) is 3.91. The summed E-state index contributed by atoms with van der Waals surface area (Å²) in [6.07, 6.45) is 0. The lowest BCUT2D eigenvalue weighted by atomic mass is 9.99. The SMILES string of the molecule is COc1ccc(C(O)=C2C(=O)C(=O)N(CCN3CCOCC3)C2c2cccs2)c(O)c1. The van der Waals surface area contributed by atoms with Gasteiger partial charge in [0.25, 0.3) is 11.7 Å². The molecule has 1 atom stereocenters. The van der Waals surface area contributed by atoms with E-state index in [0.29, 0.717) is 32.1 Å². The molecule has 31 heavy (non-hydrogen) atoms. The molecule has 4 rings (SSSR count). The molecule has 2 aliphatic rings. The minimum Gasteiger partial charge on any atom is -0.507 e. The number of morpholine rings is 1. The Morgan fingerprint density at radius 3 is 2.65 bits per heavy atom. The number of hydrogen-bond acceptors (Lipinski definition) is 8. The van der Waals surface area contributed by atoms with Gasteiger partial charge in [-0.25, -0.2) is 0 Å². The van der Waals surface area contributed by atoms with Crippen molar-refractivity contribution in [2.75, 3.05) is 46.5 Å². The number of amides is 1. The maximum atomic E-state index is 13.0. The zero-order valence-corrected chi connectivity index (χ0v) is 17.9. The number of carbonyl (C=O) groups excluding carboxylic acids is 2.